The lowest BCUT2D eigenvalue weighted by Crippen LogP contribution is -2.14. The molecule has 0 aliphatic heterocycles. The number of aromatic nitrogens is 1. The number of pyridine rings is 1. The number of carboxylic acids is 1. The summed E-state index contributed by atoms with van der Waals surface area (Å²) in [5, 5.41) is 11.4. The van der Waals surface area contributed by atoms with Gasteiger partial charge in [-0.3, -0.25) is 14.6 Å². The van der Waals surface area contributed by atoms with Gasteiger partial charge in [-0.15, -0.1) is 0 Å². The lowest BCUT2D eigenvalue weighted by molar-refractivity contribution is -0.136. The Morgan fingerprint density at radius 3 is 2.67 bits per heavy atom. The van der Waals surface area contributed by atoms with E-state index in [1.54, 1.807) is 24.3 Å². The molecule has 6 heteroatoms. The minimum Gasteiger partial charge on any atom is -0.481 e. The van der Waals surface area contributed by atoms with Crippen LogP contribution in [0.3, 0.4) is 0 Å². The maximum Gasteiger partial charge on any atom is 0.309 e. The Kier molecular flexibility index (Phi) is 4.70. The van der Waals surface area contributed by atoms with Crippen molar-refractivity contribution in [3.63, 3.8) is 0 Å². The van der Waals surface area contributed by atoms with Crippen LogP contribution in [-0.2, 0) is 11.2 Å². The largest absolute Gasteiger partial charge is 0.481 e. The van der Waals surface area contributed by atoms with Gasteiger partial charge in [0.25, 0.3) is 5.91 Å². The molecule has 108 valence electrons. The Bertz CT molecular complexity index is 684. The van der Waals surface area contributed by atoms with Crippen molar-refractivity contribution in [1.29, 1.82) is 0 Å². The van der Waals surface area contributed by atoms with Crippen LogP contribution in [0.25, 0.3) is 0 Å². The topological polar surface area (TPSA) is 79.3 Å². The van der Waals surface area contributed by atoms with Gasteiger partial charge in [0.05, 0.1) is 24.0 Å². The van der Waals surface area contributed by atoms with Crippen LogP contribution in [-0.4, -0.2) is 22.0 Å². The minimum atomic E-state index is -0.941. The molecular formula is C15H13BrN2O3. The Morgan fingerprint density at radius 2 is 2.05 bits per heavy atom. The molecule has 1 amide bonds. The highest BCUT2D eigenvalue weighted by molar-refractivity contribution is 9.10. The summed E-state index contributed by atoms with van der Waals surface area (Å²) in [5.41, 5.74) is 2.39. The number of carbonyl (C=O) groups excluding carboxylic acids is 1. The minimum absolute atomic E-state index is 0.140. The summed E-state index contributed by atoms with van der Waals surface area (Å²) in [6, 6.07) is 8.62. The summed E-state index contributed by atoms with van der Waals surface area (Å²) in [7, 11) is 0. The Labute approximate surface area is 130 Å². The second-order valence-corrected chi connectivity index (χ2v) is 5.33. The normalized spacial score (nSPS) is 10.2. The molecule has 0 spiro atoms. The molecular weight excluding hydrogens is 336 g/mol. The molecule has 1 aromatic carbocycles. The van der Waals surface area contributed by atoms with Crippen molar-refractivity contribution in [2.75, 3.05) is 5.32 Å². The predicted molar refractivity (Wildman–Crippen MR) is 82.4 cm³/mol. The number of nitrogens with one attached hydrogen (secondary N) is 1. The highest BCUT2D eigenvalue weighted by Crippen LogP contribution is 2.20. The molecule has 2 aromatic rings. The summed E-state index contributed by atoms with van der Waals surface area (Å²) >= 11 is 3.38. The van der Waals surface area contributed by atoms with E-state index in [1.165, 1.54) is 6.20 Å². The van der Waals surface area contributed by atoms with E-state index in [0.717, 1.165) is 10.0 Å². The molecule has 0 aliphatic carbocycles. The molecule has 21 heavy (non-hydrogen) atoms. The van der Waals surface area contributed by atoms with Crippen LogP contribution < -0.4 is 5.32 Å². The molecule has 1 aromatic heterocycles. The fourth-order valence-corrected chi connectivity index (χ4v) is 2.18. The van der Waals surface area contributed by atoms with E-state index in [4.69, 9.17) is 5.11 Å². The molecule has 0 bridgehead atoms. The molecule has 0 saturated heterocycles. The van der Waals surface area contributed by atoms with Crippen molar-refractivity contribution >= 4 is 33.5 Å². The number of hydrogen-bond acceptors (Lipinski definition) is 3. The monoisotopic (exact) mass is 348 g/mol. The summed E-state index contributed by atoms with van der Waals surface area (Å²) in [6.45, 7) is 1.85. The first-order valence-corrected chi connectivity index (χ1v) is 7.00. The van der Waals surface area contributed by atoms with E-state index in [2.05, 4.69) is 26.2 Å². The summed E-state index contributed by atoms with van der Waals surface area (Å²) < 4.78 is 0.866. The number of benzene rings is 1. The number of nitrogens with zero attached hydrogens (tertiary/aromatic N) is 1. The van der Waals surface area contributed by atoms with Crippen molar-refractivity contribution in [2.45, 2.75) is 13.3 Å². The van der Waals surface area contributed by atoms with Crippen molar-refractivity contribution < 1.29 is 14.7 Å². The van der Waals surface area contributed by atoms with Crippen molar-refractivity contribution in [1.82, 2.24) is 4.98 Å². The quantitative estimate of drug-likeness (QED) is 0.889. The first kappa shape index (κ1) is 15.2. The number of rotatable bonds is 4. The number of anilines is 1. The van der Waals surface area contributed by atoms with E-state index in [0.29, 0.717) is 16.9 Å². The van der Waals surface area contributed by atoms with E-state index in [1.807, 2.05) is 13.0 Å². The third-order valence-electron chi connectivity index (χ3n) is 2.93. The van der Waals surface area contributed by atoms with Crippen LogP contribution in [0.15, 0.2) is 41.0 Å². The second kappa shape index (κ2) is 6.49. The number of carboxylic acid groups (broad SMARTS) is 1. The molecule has 0 radical (unpaired) electrons. The number of aliphatic carboxylic acids is 1. The van der Waals surface area contributed by atoms with Crippen LogP contribution in [0.1, 0.15) is 21.6 Å². The maximum absolute atomic E-state index is 12.2. The van der Waals surface area contributed by atoms with Gasteiger partial charge in [0.2, 0.25) is 0 Å². The number of halogens is 1. The standard InChI is InChI=1S/C15H13BrN2O3/c1-9-12(3-2-4-13(9)16)15(21)18-11-6-5-10(17-8-11)7-14(19)20/h2-6,8H,7H2,1H3,(H,18,21)(H,19,20). The first-order chi connectivity index (χ1) is 9.97. The molecule has 0 unspecified atom stereocenters. The predicted octanol–water partition coefficient (Wildman–Crippen LogP) is 3.03. The first-order valence-electron chi connectivity index (χ1n) is 6.20. The molecule has 2 rings (SSSR count). The molecule has 0 atom stereocenters. The molecule has 2 N–H and O–H groups in total. The lowest BCUT2D eigenvalue weighted by Gasteiger charge is -2.09. The van der Waals surface area contributed by atoms with E-state index in [-0.39, 0.29) is 12.3 Å². The Balaban J connectivity index is 2.12. The molecule has 0 fully saturated rings. The van der Waals surface area contributed by atoms with E-state index in [9.17, 15) is 9.59 Å². The lowest BCUT2D eigenvalue weighted by atomic mass is 10.1. The third kappa shape index (κ3) is 3.88. The van der Waals surface area contributed by atoms with Gasteiger partial charge >= 0.3 is 5.97 Å². The number of hydrogen-bond donors (Lipinski definition) is 2. The Morgan fingerprint density at radius 1 is 1.29 bits per heavy atom. The maximum atomic E-state index is 12.2. The summed E-state index contributed by atoms with van der Waals surface area (Å²) in [4.78, 5) is 26.8. The SMILES string of the molecule is Cc1c(Br)cccc1C(=O)Nc1ccc(CC(=O)O)nc1. The van der Waals surface area contributed by atoms with Crippen LogP contribution in [0.5, 0.6) is 0 Å². The molecule has 0 saturated carbocycles. The van der Waals surface area contributed by atoms with E-state index < -0.39 is 5.97 Å². The van der Waals surface area contributed by atoms with E-state index >= 15 is 0 Å². The van der Waals surface area contributed by atoms with Crippen LogP contribution in [0.2, 0.25) is 0 Å². The van der Waals surface area contributed by atoms with Gasteiger partial charge in [0, 0.05) is 10.0 Å². The van der Waals surface area contributed by atoms with Crippen LogP contribution >= 0.6 is 15.9 Å². The average Bonchev–Trinajstić information content (AvgIpc) is 2.43. The zero-order chi connectivity index (χ0) is 15.4. The smallest absolute Gasteiger partial charge is 0.309 e. The van der Waals surface area contributed by atoms with Gasteiger partial charge < -0.3 is 10.4 Å². The highest BCUT2D eigenvalue weighted by Gasteiger charge is 2.11. The molecule has 5 nitrogen and oxygen atoms in total. The van der Waals surface area contributed by atoms with Gasteiger partial charge in [0.15, 0.2) is 0 Å². The molecule has 1 heterocycles. The number of carbonyl (C=O) groups is 2. The molecule has 0 aliphatic rings. The van der Waals surface area contributed by atoms with Gasteiger partial charge in [-0.25, -0.2) is 0 Å². The zero-order valence-electron chi connectivity index (χ0n) is 11.3. The second-order valence-electron chi connectivity index (χ2n) is 4.48. The zero-order valence-corrected chi connectivity index (χ0v) is 12.8. The summed E-state index contributed by atoms with van der Waals surface area (Å²) in [6.07, 6.45) is 1.31. The summed E-state index contributed by atoms with van der Waals surface area (Å²) in [5.74, 6) is -1.18. The van der Waals surface area contributed by atoms with Crippen molar-refractivity contribution in [2.24, 2.45) is 0 Å². The van der Waals surface area contributed by atoms with Crippen molar-refractivity contribution in [3.8, 4) is 0 Å². The van der Waals surface area contributed by atoms with Gasteiger partial charge in [-0.2, -0.15) is 0 Å². The number of amides is 1. The third-order valence-corrected chi connectivity index (χ3v) is 3.79. The van der Waals surface area contributed by atoms with Gasteiger partial charge in [-0.1, -0.05) is 22.0 Å². The Hall–Kier alpha value is -2.21. The fraction of sp³-hybridized carbons (Fsp3) is 0.133. The van der Waals surface area contributed by atoms with Crippen LogP contribution in [0, 0.1) is 6.92 Å². The van der Waals surface area contributed by atoms with Crippen LogP contribution in [0.4, 0.5) is 5.69 Å². The van der Waals surface area contributed by atoms with Gasteiger partial charge in [0.1, 0.15) is 0 Å². The highest BCUT2D eigenvalue weighted by atomic mass is 79.9. The van der Waals surface area contributed by atoms with Crippen molar-refractivity contribution in [3.05, 3.63) is 57.8 Å². The average molecular weight is 349 g/mol. The van der Waals surface area contributed by atoms with Gasteiger partial charge in [-0.05, 0) is 36.8 Å². The fourth-order valence-electron chi connectivity index (χ4n) is 1.81.